The quantitative estimate of drug-likeness (QED) is 0.648. The van der Waals surface area contributed by atoms with Crippen molar-refractivity contribution in [2.24, 2.45) is 0 Å². The lowest BCUT2D eigenvalue weighted by Crippen LogP contribution is -2.43. The van der Waals surface area contributed by atoms with Crippen LogP contribution in [0.2, 0.25) is 0 Å². The molecule has 0 spiro atoms. The van der Waals surface area contributed by atoms with Crippen molar-refractivity contribution in [1.29, 1.82) is 0 Å². The van der Waals surface area contributed by atoms with Crippen molar-refractivity contribution in [3.8, 4) is 0 Å². The van der Waals surface area contributed by atoms with E-state index in [1.807, 2.05) is 0 Å². The lowest BCUT2D eigenvalue weighted by Gasteiger charge is -2.27. The van der Waals surface area contributed by atoms with Gasteiger partial charge in [0.05, 0.1) is 18.4 Å². The van der Waals surface area contributed by atoms with Gasteiger partial charge in [-0.2, -0.15) is 0 Å². The van der Waals surface area contributed by atoms with Gasteiger partial charge in [0.15, 0.2) is 17.7 Å². The fourth-order valence-electron chi connectivity index (χ4n) is 2.93. The first-order chi connectivity index (χ1) is 8.01. The Labute approximate surface area is 97.3 Å². The van der Waals surface area contributed by atoms with Crippen LogP contribution in [0.3, 0.4) is 0 Å². The van der Waals surface area contributed by atoms with E-state index in [1.165, 1.54) is 0 Å². The fourth-order valence-corrected chi connectivity index (χ4v) is 2.93. The molecule has 1 N–H and O–H groups in total. The molecule has 4 heterocycles. The zero-order valence-corrected chi connectivity index (χ0v) is 9.53. The summed E-state index contributed by atoms with van der Waals surface area (Å²) in [5, 5.41) is 18.5. The van der Waals surface area contributed by atoms with Crippen LogP contribution in [0.1, 0.15) is 19.5 Å². The Bertz CT molecular complexity index is 488. The third-order valence-electron chi connectivity index (χ3n) is 3.65. The van der Waals surface area contributed by atoms with E-state index in [2.05, 4.69) is 10.3 Å². The van der Waals surface area contributed by atoms with Gasteiger partial charge in [0.1, 0.15) is 12.2 Å². The predicted octanol–water partition coefficient (Wildman–Crippen LogP) is -0.644. The average molecular weight is 239 g/mol. The highest BCUT2D eigenvalue weighted by Gasteiger charge is 2.67. The highest BCUT2D eigenvalue weighted by Crippen LogP contribution is 2.50. The van der Waals surface area contributed by atoms with E-state index in [-0.39, 0.29) is 6.10 Å². The van der Waals surface area contributed by atoms with Crippen molar-refractivity contribution in [1.82, 2.24) is 15.0 Å². The molecule has 0 radical (unpaired) electrons. The zero-order valence-electron chi connectivity index (χ0n) is 9.53. The third-order valence-corrected chi connectivity index (χ3v) is 3.65. The second-order valence-electron chi connectivity index (χ2n) is 5.18. The van der Waals surface area contributed by atoms with Crippen molar-refractivity contribution in [3.05, 3.63) is 11.9 Å². The first kappa shape index (κ1) is 9.95. The molecule has 1 aromatic rings. The summed E-state index contributed by atoms with van der Waals surface area (Å²) in [5.74, 6) is -0.739. The van der Waals surface area contributed by atoms with E-state index in [4.69, 9.17) is 14.2 Å². The molecule has 0 unspecified atom stereocenters. The summed E-state index contributed by atoms with van der Waals surface area (Å²) in [6, 6.07) is 0. The van der Waals surface area contributed by atoms with E-state index in [1.54, 1.807) is 24.7 Å². The van der Waals surface area contributed by atoms with Crippen LogP contribution in [0.5, 0.6) is 0 Å². The SMILES string of the molecule is CC1(C)O[C@H]2O[C@@H]3Cn4nncc4[C@]3(O)[C@H]2O1. The Morgan fingerprint density at radius 2 is 2.29 bits per heavy atom. The first-order valence-corrected chi connectivity index (χ1v) is 5.63. The molecule has 2 fully saturated rings. The number of rotatable bonds is 0. The van der Waals surface area contributed by atoms with Crippen LogP contribution < -0.4 is 0 Å². The fraction of sp³-hybridized carbons (Fsp3) is 0.800. The van der Waals surface area contributed by atoms with Gasteiger partial charge in [-0.3, -0.25) is 0 Å². The predicted molar refractivity (Wildman–Crippen MR) is 52.6 cm³/mol. The Hall–Kier alpha value is -1.02. The van der Waals surface area contributed by atoms with E-state index >= 15 is 0 Å². The van der Waals surface area contributed by atoms with Gasteiger partial charge >= 0.3 is 0 Å². The van der Waals surface area contributed by atoms with Crippen molar-refractivity contribution < 1.29 is 19.3 Å². The van der Waals surface area contributed by atoms with E-state index in [0.717, 1.165) is 0 Å². The number of aromatic nitrogens is 3. The Kier molecular flexibility index (Phi) is 1.58. The molecular formula is C10H13N3O4. The third kappa shape index (κ3) is 1.05. The molecule has 1 aromatic heterocycles. The molecule has 4 atom stereocenters. The minimum absolute atomic E-state index is 0.376. The average Bonchev–Trinajstić information content (AvgIpc) is 2.88. The molecule has 7 nitrogen and oxygen atoms in total. The minimum Gasteiger partial charge on any atom is -0.378 e. The van der Waals surface area contributed by atoms with Crippen LogP contribution in [-0.4, -0.2) is 44.4 Å². The zero-order chi connectivity index (χ0) is 11.8. The topological polar surface area (TPSA) is 78.6 Å². The number of nitrogens with zero attached hydrogens (tertiary/aromatic N) is 3. The van der Waals surface area contributed by atoms with Gasteiger partial charge in [-0.1, -0.05) is 5.21 Å². The van der Waals surface area contributed by atoms with Gasteiger partial charge in [0, 0.05) is 0 Å². The number of hydrogen-bond donors (Lipinski definition) is 1. The van der Waals surface area contributed by atoms with Gasteiger partial charge in [0.2, 0.25) is 0 Å². The van der Waals surface area contributed by atoms with E-state index in [9.17, 15) is 5.11 Å². The molecule has 92 valence electrons. The highest BCUT2D eigenvalue weighted by atomic mass is 16.8. The van der Waals surface area contributed by atoms with Gasteiger partial charge < -0.3 is 19.3 Å². The molecule has 0 bridgehead atoms. The number of fused-ring (bicyclic) bond motifs is 5. The van der Waals surface area contributed by atoms with Crippen molar-refractivity contribution in [2.45, 2.75) is 50.3 Å². The maximum Gasteiger partial charge on any atom is 0.191 e. The molecule has 0 aromatic carbocycles. The minimum atomic E-state index is -1.21. The van der Waals surface area contributed by atoms with Gasteiger partial charge in [-0.05, 0) is 13.8 Å². The maximum atomic E-state index is 10.8. The van der Waals surface area contributed by atoms with Crippen molar-refractivity contribution >= 4 is 0 Å². The summed E-state index contributed by atoms with van der Waals surface area (Å²) in [6.45, 7) is 4.08. The lowest BCUT2D eigenvalue weighted by molar-refractivity contribution is -0.228. The molecular weight excluding hydrogens is 226 g/mol. The summed E-state index contributed by atoms with van der Waals surface area (Å²) in [5.41, 5.74) is -0.571. The first-order valence-electron chi connectivity index (χ1n) is 5.63. The van der Waals surface area contributed by atoms with Crippen LogP contribution in [0.4, 0.5) is 0 Å². The number of aliphatic hydroxyl groups is 1. The van der Waals surface area contributed by atoms with Gasteiger partial charge in [-0.15, -0.1) is 5.10 Å². The molecule has 0 amide bonds. The van der Waals surface area contributed by atoms with Crippen LogP contribution >= 0.6 is 0 Å². The summed E-state index contributed by atoms with van der Waals surface area (Å²) in [7, 11) is 0. The molecule has 0 saturated carbocycles. The number of ether oxygens (including phenoxy) is 3. The molecule has 3 aliphatic heterocycles. The van der Waals surface area contributed by atoms with Crippen LogP contribution in [-0.2, 0) is 26.4 Å². The van der Waals surface area contributed by atoms with Crippen LogP contribution in [0.25, 0.3) is 0 Å². The smallest absolute Gasteiger partial charge is 0.191 e. The Balaban J connectivity index is 1.80. The Morgan fingerprint density at radius 1 is 1.47 bits per heavy atom. The molecule has 7 heteroatoms. The highest BCUT2D eigenvalue weighted by molar-refractivity contribution is 5.23. The van der Waals surface area contributed by atoms with Gasteiger partial charge in [0.25, 0.3) is 0 Å². The normalized spacial score (nSPS) is 45.7. The van der Waals surface area contributed by atoms with Crippen LogP contribution in [0, 0.1) is 0 Å². The lowest BCUT2D eigenvalue weighted by atomic mass is 9.92. The van der Waals surface area contributed by atoms with Crippen molar-refractivity contribution in [2.75, 3.05) is 0 Å². The van der Waals surface area contributed by atoms with Crippen molar-refractivity contribution in [3.63, 3.8) is 0 Å². The van der Waals surface area contributed by atoms with Crippen LogP contribution in [0.15, 0.2) is 6.20 Å². The van der Waals surface area contributed by atoms with Gasteiger partial charge in [-0.25, -0.2) is 4.68 Å². The summed E-state index contributed by atoms with van der Waals surface area (Å²) < 4.78 is 18.7. The summed E-state index contributed by atoms with van der Waals surface area (Å²) in [4.78, 5) is 0. The maximum absolute atomic E-state index is 10.8. The summed E-state index contributed by atoms with van der Waals surface area (Å²) >= 11 is 0. The largest absolute Gasteiger partial charge is 0.378 e. The molecule has 17 heavy (non-hydrogen) atoms. The molecule has 0 aliphatic carbocycles. The number of hydrogen-bond acceptors (Lipinski definition) is 6. The molecule has 2 saturated heterocycles. The molecule has 4 rings (SSSR count). The second kappa shape index (κ2) is 2.69. The van der Waals surface area contributed by atoms with E-state index < -0.39 is 23.8 Å². The Morgan fingerprint density at radius 3 is 3.12 bits per heavy atom. The molecule has 3 aliphatic rings. The second-order valence-corrected chi connectivity index (χ2v) is 5.18. The summed E-state index contributed by atoms with van der Waals surface area (Å²) in [6.07, 6.45) is 0.130. The standard InChI is InChI=1S/C10H13N3O4/c1-9(2)16-7-8(17-9)15-6-4-13-5(3-11-12-13)10(6,7)14/h3,6-8,14H,4H2,1-2H3/t6-,7+,8-,10-/m1/s1. The van der Waals surface area contributed by atoms with E-state index in [0.29, 0.717) is 12.2 Å². The monoisotopic (exact) mass is 239 g/mol.